The molecule has 3 rings (SSSR count). The Balaban J connectivity index is 2.01. The molecule has 1 aliphatic carbocycles. The quantitative estimate of drug-likeness (QED) is 0.707. The average Bonchev–Trinajstić information content (AvgIpc) is 2.86. The smallest absolute Gasteiger partial charge is 0.123 e. The van der Waals surface area contributed by atoms with E-state index in [-0.39, 0.29) is 28.2 Å². The van der Waals surface area contributed by atoms with Crippen LogP contribution in [-0.4, -0.2) is 12.2 Å². The Labute approximate surface area is 148 Å². The van der Waals surface area contributed by atoms with E-state index in [4.69, 9.17) is 0 Å². The van der Waals surface area contributed by atoms with Gasteiger partial charge in [0, 0.05) is 11.8 Å². The Morgan fingerprint density at radius 1 is 1.46 bits per heavy atom. The van der Waals surface area contributed by atoms with E-state index in [1.165, 1.54) is 16.5 Å². The van der Waals surface area contributed by atoms with Gasteiger partial charge in [0.2, 0.25) is 0 Å². The third kappa shape index (κ3) is 3.27. The molecule has 1 heterocycles. The van der Waals surface area contributed by atoms with E-state index >= 15 is 0 Å². The third-order valence-electron chi connectivity index (χ3n) is 5.14. The van der Waals surface area contributed by atoms with Crippen LogP contribution in [0.1, 0.15) is 49.5 Å². The Bertz CT molecular complexity index is 695. The second-order valence-corrected chi connectivity index (χ2v) is 8.91. The van der Waals surface area contributed by atoms with Crippen LogP contribution >= 0.6 is 11.8 Å². The lowest BCUT2D eigenvalue weighted by Gasteiger charge is -2.32. The average molecular weight is 347 g/mol. The summed E-state index contributed by atoms with van der Waals surface area (Å²) in [7, 11) is 1.89. The highest BCUT2D eigenvalue weighted by molar-refractivity contribution is 8.03. The Morgan fingerprint density at radius 2 is 2.21 bits per heavy atom. The summed E-state index contributed by atoms with van der Waals surface area (Å²) in [6, 6.07) is 4.99. The SMILES string of the molecule is C=C(O)C1C2=C(CCC(C)(C)C2)SC1c1cc(F)ccc1CNC. The van der Waals surface area contributed by atoms with Gasteiger partial charge in [-0.1, -0.05) is 26.5 Å². The molecule has 0 amide bonds. The molecular weight excluding hydrogens is 321 g/mol. The molecule has 0 saturated carbocycles. The number of nitrogens with one attached hydrogen (secondary N) is 1. The van der Waals surface area contributed by atoms with E-state index in [2.05, 4.69) is 25.7 Å². The van der Waals surface area contributed by atoms with Crippen LogP contribution in [0.4, 0.5) is 4.39 Å². The summed E-state index contributed by atoms with van der Waals surface area (Å²) in [6.07, 6.45) is 3.18. The fourth-order valence-electron chi connectivity index (χ4n) is 3.94. The van der Waals surface area contributed by atoms with E-state index < -0.39 is 0 Å². The van der Waals surface area contributed by atoms with Crippen LogP contribution in [0.2, 0.25) is 0 Å². The number of aliphatic hydroxyl groups is 1. The minimum absolute atomic E-state index is 0.0143. The van der Waals surface area contributed by atoms with Gasteiger partial charge >= 0.3 is 0 Å². The van der Waals surface area contributed by atoms with Crippen molar-refractivity contribution in [3.05, 3.63) is 58.0 Å². The summed E-state index contributed by atoms with van der Waals surface area (Å²) in [4.78, 5) is 1.37. The van der Waals surface area contributed by atoms with Crippen LogP contribution in [0.5, 0.6) is 0 Å². The lowest BCUT2D eigenvalue weighted by atomic mass is 9.72. The predicted octanol–water partition coefficient (Wildman–Crippen LogP) is 5.49. The maximum atomic E-state index is 13.9. The second kappa shape index (κ2) is 6.57. The molecule has 2 aliphatic rings. The molecule has 0 radical (unpaired) electrons. The van der Waals surface area contributed by atoms with Crippen LogP contribution < -0.4 is 5.32 Å². The number of rotatable bonds is 4. The summed E-state index contributed by atoms with van der Waals surface area (Å²) in [6.45, 7) is 9.09. The number of benzene rings is 1. The van der Waals surface area contributed by atoms with Crippen molar-refractivity contribution in [3.8, 4) is 0 Å². The van der Waals surface area contributed by atoms with Gasteiger partial charge in [0.15, 0.2) is 0 Å². The first kappa shape index (κ1) is 17.6. The van der Waals surface area contributed by atoms with E-state index in [9.17, 15) is 9.50 Å². The number of allylic oxidation sites excluding steroid dienone is 2. The molecule has 24 heavy (non-hydrogen) atoms. The maximum Gasteiger partial charge on any atom is 0.123 e. The number of halogens is 1. The zero-order valence-corrected chi connectivity index (χ0v) is 15.5. The first-order valence-corrected chi connectivity index (χ1v) is 9.39. The van der Waals surface area contributed by atoms with Crippen molar-refractivity contribution in [3.63, 3.8) is 0 Å². The van der Waals surface area contributed by atoms with Gasteiger partial charge in [-0.15, -0.1) is 11.8 Å². The van der Waals surface area contributed by atoms with E-state index in [1.54, 1.807) is 17.8 Å². The van der Waals surface area contributed by atoms with Crippen LogP contribution in [0.25, 0.3) is 0 Å². The fraction of sp³-hybridized carbons (Fsp3) is 0.500. The van der Waals surface area contributed by atoms with Crippen molar-refractivity contribution in [1.29, 1.82) is 0 Å². The van der Waals surface area contributed by atoms with Gasteiger partial charge < -0.3 is 10.4 Å². The molecule has 1 aromatic carbocycles. The lowest BCUT2D eigenvalue weighted by Crippen LogP contribution is -2.21. The van der Waals surface area contributed by atoms with Crippen molar-refractivity contribution < 1.29 is 9.50 Å². The Kier molecular flexibility index (Phi) is 4.80. The van der Waals surface area contributed by atoms with Crippen LogP contribution in [0.3, 0.4) is 0 Å². The highest BCUT2D eigenvalue weighted by atomic mass is 32.2. The Hall–Kier alpha value is -1.26. The highest BCUT2D eigenvalue weighted by Gasteiger charge is 2.43. The standard InChI is InChI=1S/C20H26FNOS/c1-12(23)18-16-10-20(2,3)8-7-17(16)24-19(18)15-9-14(21)6-5-13(15)11-22-4/h5-6,9,18-19,22-23H,1,7-8,10-11H2,2-4H3. The molecule has 2 atom stereocenters. The maximum absolute atomic E-state index is 13.9. The van der Waals surface area contributed by atoms with Gasteiger partial charge in [-0.2, -0.15) is 0 Å². The lowest BCUT2D eigenvalue weighted by molar-refractivity contribution is 0.288. The minimum atomic E-state index is -0.224. The van der Waals surface area contributed by atoms with Crippen molar-refractivity contribution in [1.82, 2.24) is 5.32 Å². The summed E-state index contributed by atoms with van der Waals surface area (Å²) >= 11 is 1.80. The first-order chi connectivity index (χ1) is 11.3. The zero-order chi connectivity index (χ0) is 17.5. The Morgan fingerprint density at radius 3 is 2.88 bits per heavy atom. The summed E-state index contributed by atoms with van der Waals surface area (Å²) in [5.41, 5.74) is 3.62. The van der Waals surface area contributed by atoms with E-state index in [0.717, 1.165) is 30.4 Å². The molecule has 2 N–H and O–H groups in total. The van der Waals surface area contributed by atoms with Gasteiger partial charge in [0.05, 0.1) is 11.7 Å². The van der Waals surface area contributed by atoms with E-state index in [1.807, 2.05) is 13.1 Å². The molecule has 1 aromatic rings. The van der Waals surface area contributed by atoms with Gasteiger partial charge in [-0.3, -0.25) is 0 Å². The van der Waals surface area contributed by atoms with Crippen LogP contribution in [-0.2, 0) is 6.54 Å². The largest absolute Gasteiger partial charge is 0.512 e. The molecule has 130 valence electrons. The molecule has 1 aliphatic heterocycles. The topological polar surface area (TPSA) is 32.3 Å². The molecule has 0 aromatic heterocycles. The summed E-state index contributed by atoms with van der Waals surface area (Å²) in [5, 5.41) is 13.5. The van der Waals surface area contributed by atoms with Crippen molar-refractivity contribution in [2.24, 2.45) is 11.3 Å². The summed E-state index contributed by atoms with van der Waals surface area (Å²) < 4.78 is 13.9. The molecule has 2 unspecified atom stereocenters. The minimum Gasteiger partial charge on any atom is -0.512 e. The zero-order valence-electron chi connectivity index (χ0n) is 14.7. The van der Waals surface area contributed by atoms with Gasteiger partial charge in [0.1, 0.15) is 5.82 Å². The predicted molar refractivity (Wildman–Crippen MR) is 99.4 cm³/mol. The van der Waals surface area contributed by atoms with Gasteiger partial charge in [-0.25, -0.2) is 4.39 Å². The second-order valence-electron chi connectivity index (χ2n) is 7.67. The van der Waals surface area contributed by atoms with Crippen molar-refractivity contribution >= 4 is 11.8 Å². The monoisotopic (exact) mass is 347 g/mol. The number of hydrogen-bond acceptors (Lipinski definition) is 3. The molecule has 0 saturated heterocycles. The molecule has 0 bridgehead atoms. The highest BCUT2D eigenvalue weighted by Crippen LogP contribution is 2.60. The third-order valence-corrected chi connectivity index (χ3v) is 6.67. The van der Waals surface area contributed by atoms with Gasteiger partial charge in [0.25, 0.3) is 0 Å². The number of hydrogen-bond donors (Lipinski definition) is 2. The van der Waals surface area contributed by atoms with Crippen molar-refractivity contribution in [2.45, 2.75) is 44.9 Å². The molecule has 0 fully saturated rings. The molecule has 0 spiro atoms. The fourth-order valence-corrected chi connectivity index (χ4v) is 5.62. The number of aliphatic hydroxyl groups excluding tert-OH is 1. The molecule has 4 heteroatoms. The van der Waals surface area contributed by atoms with Crippen LogP contribution in [0.15, 0.2) is 41.0 Å². The summed E-state index contributed by atoms with van der Waals surface area (Å²) in [5.74, 6) is -0.130. The van der Waals surface area contributed by atoms with E-state index in [0.29, 0.717) is 6.54 Å². The van der Waals surface area contributed by atoms with Gasteiger partial charge in [-0.05, 0) is 65.5 Å². The first-order valence-electron chi connectivity index (χ1n) is 8.51. The van der Waals surface area contributed by atoms with Crippen molar-refractivity contribution in [2.75, 3.05) is 7.05 Å². The molecular formula is C20H26FNOS. The number of thioether (sulfide) groups is 1. The van der Waals surface area contributed by atoms with Crippen LogP contribution in [0, 0.1) is 17.2 Å². The normalized spacial score (nSPS) is 25.7. The molecule has 2 nitrogen and oxygen atoms in total.